The smallest absolute Gasteiger partial charge is 0.230 e. The van der Waals surface area contributed by atoms with Crippen molar-refractivity contribution in [3.05, 3.63) is 65.4 Å². The van der Waals surface area contributed by atoms with Crippen molar-refractivity contribution in [2.24, 2.45) is 0 Å². The van der Waals surface area contributed by atoms with Crippen molar-refractivity contribution in [2.75, 3.05) is 24.5 Å². The zero-order valence-corrected chi connectivity index (χ0v) is 19.1. The number of fused-ring (bicyclic) bond motifs is 1. The molecule has 0 unspecified atom stereocenters. The van der Waals surface area contributed by atoms with Crippen LogP contribution >= 0.6 is 0 Å². The van der Waals surface area contributed by atoms with E-state index < -0.39 is 29.7 Å². The first-order valence-corrected chi connectivity index (χ1v) is 11.8. The molecular weight excluding hydrogens is 476 g/mol. The van der Waals surface area contributed by atoms with Crippen LogP contribution in [0.25, 0.3) is 22.4 Å². The molecule has 0 aliphatic carbocycles. The summed E-state index contributed by atoms with van der Waals surface area (Å²) in [7, 11) is 0. The van der Waals surface area contributed by atoms with E-state index >= 15 is 4.39 Å². The van der Waals surface area contributed by atoms with Crippen LogP contribution in [0.2, 0.25) is 0 Å². The topological polar surface area (TPSA) is 80.0 Å². The molecule has 0 saturated carbocycles. The van der Waals surface area contributed by atoms with Gasteiger partial charge in [-0.15, -0.1) is 0 Å². The van der Waals surface area contributed by atoms with Crippen LogP contribution in [0.4, 0.5) is 23.4 Å². The molecule has 4 aromatic rings. The summed E-state index contributed by atoms with van der Waals surface area (Å²) in [6, 6.07) is 5.57. The van der Waals surface area contributed by atoms with Gasteiger partial charge in [-0.05, 0) is 56.3 Å². The number of hydrogen-bond donors (Lipinski definition) is 1. The van der Waals surface area contributed by atoms with Gasteiger partial charge in [0.2, 0.25) is 11.7 Å². The lowest BCUT2D eigenvalue weighted by Gasteiger charge is -2.26. The van der Waals surface area contributed by atoms with Crippen molar-refractivity contribution in [2.45, 2.75) is 37.4 Å². The number of nitrogens with one attached hydrogen (secondary N) is 1. The summed E-state index contributed by atoms with van der Waals surface area (Å²) in [5.41, 5.74) is 0.619. The van der Waals surface area contributed by atoms with Crippen molar-refractivity contribution >= 4 is 16.9 Å². The Kier molecular flexibility index (Phi) is 5.79. The number of rotatable bonds is 4. The standard InChI is InChI=1S/C25H22F4N6O/c26-14-1-2-17(28)16(9-14)20-10-15(27)12-35(20)21-4-3-19-23(32-21)22(18(29)11-31-19)24-33-25(36-34-24)13-5-7-30-8-6-13/h1-4,9,11,13,15,20,30H,5-8,10,12H2/t15-,20+/m0/s1. The second kappa shape index (κ2) is 9.12. The quantitative estimate of drug-likeness (QED) is 0.403. The molecule has 0 radical (unpaired) electrons. The van der Waals surface area contributed by atoms with Gasteiger partial charge in [0.05, 0.1) is 29.9 Å². The summed E-state index contributed by atoms with van der Waals surface area (Å²) >= 11 is 0. The van der Waals surface area contributed by atoms with Gasteiger partial charge in [-0.3, -0.25) is 4.98 Å². The fourth-order valence-electron chi connectivity index (χ4n) is 5.08. The second-order valence-corrected chi connectivity index (χ2v) is 9.17. The van der Waals surface area contributed by atoms with E-state index in [9.17, 15) is 13.2 Å². The van der Waals surface area contributed by atoms with E-state index in [1.54, 1.807) is 17.0 Å². The molecule has 0 bridgehead atoms. The molecule has 0 amide bonds. The largest absolute Gasteiger partial charge is 0.346 e. The predicted octanol–water partition coefficient (Wildman–Crippen LogP) is 4.85. The second-order valence-electron chi connectivity index (χ2n) is 9.17. The number of anilines is 1. The summed E-state index contributed by atoms with van der Waals surface area (Å²) in [6.45, 7) is 1.59. The van der Waals surface area contributed by atoms with Gasteiger partial charge in [-0.25, -0.2) is 22.5 Å². The maximum Gasteiger partial charge on any atom is 0.230 e. The molecule has 2 aliphatic rings. The Bertz CT molecular complexity index is 1420. The van der Waals surface area contributed by atoms with E-state index in [0.29, 0.717) is 11.4 Å². The summed E-state index contributed by atoms with van der Waals surface area (Å²) in [5.74, 6) is -1.07. The lowest BCUT2D eigenvalue weighted by atomic mass is 9.98. The number of nitrogens with zero attached hydrogens (tertiary/aromatic N) is 5. The molecule has 1 N–H and O–H groups in total. The van der Waals surface area contributed by atoms with Crippen LogP contribution < -0.4 is 10.2 Å². The molecule has 3 aromatic heterocycles. The summed E-state index contributed by atoms with van der Waals surface area (Å²) < 4.78 is 63.5. The van der Waals surface area contributed by atoms with E-state index in [0.717, 1.165) is 50.3 Å². The van der Waals surface area contributed by atoms with E-state index in [-0.39, 0.29) is 47.2 Å². The zero-order chi connectivity index (χ0) is 24.8. The first-order chi connectivity index (χ1) is 17.5. The first kappa shape index (κ1) is 22.8. The van der Waals surface area contributed by atoms with Gasteiger partial charge < -0.3 is 14.7 Å². The van der Waals surface area contributed by atoms with Crippen molar-refractivity contribution in [3.8, 4) is 11.4 Å². The molecule has 11 heteroatoms. The first-order valence-electron chi connectivity index (χ1n) is 11.8. The highest BCUT2D eigenvalue weighted by atomic mass is 19.1. The van der Waals surface area contributed by atoms with Gasteiger partial charge in [-0.2, -0.15) is 4.98 Å². The maximum atomic E-state index is 15.1. The van der Waals surface area contributed by atoms with E-state index in [1.165, 1.54) is 0 Å². The number of hydrogen-bond acceptors (Lipinski definition) is 7. The Morgan fingerprint density at radius 1 is 1.00 bits per heavy atom. The minimum atomic E-state index is -1.27. The summed E-state index contributed by atoms with van der Waals surface area (Å²) in [5, 5.41) is 7.29. The van der Waals surface area contributed by atoms with Crippen molar-refractivity contribution in [1.29, 1.82) is 0 Å². The molecule has 2 saturated heterocycles. The Balaban J connectivity index is 1.42. The third-order valence-corrected chi connectivity index (χ3v) is 6.87. The van der Waals surface area contributed by atoms with Gasteiger partial charge in [0.15, 0.2) is 5.82 Å². The zero-order valence-electron chi connectivity index (χ0n) is 19.1. The van der Waals surface area contributed by atoms with Gasteiger partial charge in [0.25, 0.3) is 0 Å². The SMILES string of the molecule is Fc1ccc(F)c([C@H]2C[C@H](F)CN2c2ccc3ncc(F)c(-c4noc(C5CCNCC5)n4)c3n2)c1. The van der Waals surface area contributed by atoms with Gasteiger partial charge in [-0.1, -0.05) is 5.16 Å². The number of pyridine rings is 2. The number of halogens is 4. The van der Waals surface area contributed by atoms with Crippen molar-refractivity contribution in [1.82, 2.24) is 25.4 Å². The minimum absolute atomic E-state index is 0.0234. The molecule has 2 aliphatic heterocycles. The molecule has 2 atom stereocenters. The maximum absolute atomic E-state index is 15.1. The van der Waals surface area contributed by atoms with Crippen molar-refractivity contribution < 1.29 is 22.1 Å². The number of alkyl halides is 1. The van der Waals surface area contributed by atoms with E-state index in [1.807, 2.05) is 0 Å². The van der Waals surface area contributed by atoms with Crippen LogP contribution in [0, 0.1) is 17.5 Å². The van der Waals surface area contributed by atoms with Crippen LogP contribution in [0.1, 0.15) is 42.7 Å². The average Bonchev–Trinajstić information content (AvgIpc) is 3.53. The lowest BCUT2D eigenvalue weighted by molar-refractivity contribution is 0.320. The number of benzene rings is 1. The van der Waals surface area contributed by atoms with Crippen LogP contribution in [0.15, 0.2) is 41.1 Å². The highest BCUT2D eigenvalue weighted by Gasteiger charge is 2.36. The normalized spacial score (nSPS) is 20.9. The average molecular weight is 498 g/mol. The Morgan fingerprint density at radius 3 is 2.67 bits per heavy atom. The van der Waals surface area contributed by atoms with E-state index in [4.69, 9.17) is 4.52 Å². The summed E-state index contributed by atoms with van der Waals surface area (Å²) in [6.07, 6.45) is 1.43. The third-order valence-electron chi connectivity index (χ3n) is 6.87. The Morgan fingerprint density at radius 2 is 1.83 bits per heavy atom. The molecule has 6 rings (SSSR count). The van der Waals surface area contributed by atoms with Gasteiger partial charge in [0, 0.05) is 17.9 Å². The highest BCUT2D eigenvalue weighted by molar-refractivity contribution is 5.90. The van der Waals surface area contributed by atoms with Gasteiger partial charge >= 0.3 is 0 Å². The molecule has 186 valence electrons. The Hall–Kier alpha value is -3.60. The van der Waals surface area contributed by atoms with Crippen LogP contribution in [0.5, 0.6) is 0 Å². The van der Waals surface area contributed by atoms with Gasteiger partial charge in [0.1, 0.15) is 29.1 Å². The minimum Gasteiger partial charge on any atom is -0.346 e. The van der Waals surface area contributed by atoms with E-state index in [2.05, 4.69) is 25.4 Å². The monoisotopic (exact) mass is 498 g/mol. The third kappa shape index (κ3) is 4.06. The number of aromatic nitrogens is 4. The predicted molar refractivity (Wildman–Crippen MR) is 124 cm³/mol. The molecule has 1 aromatic carbocycles. The fraction of sp³-hybridized carbons (Fsp3) is 0.360. The highest BCUT2D eigenvalue weighted by Crippen LogP contribution is 2.39. The van der Waals surface area contributed by atoms with Crippen LogP contribution in [-0.4, -0.2) is 45.9 Å². The van der Waals surface area contributed by atoms with Crippen molar-refractivity contribution in [3.63, 3.8) is 0 Å². The molecule has 2 fully saturated rings. The molecule has 7 nitrogen and oxygen atoms in total. The molecular formula is C25H22F4N6O. The molecule has 36 heavy (non-hydrogen) atoms. The number of piperidine rings is 1. The molecule has 0 spiro atoms. The summed E-state index contributed by atoms with van der Waals surface area (Å²) in [4.78, 5) is 14.7. The Labute approximate surface area is 203 Å². The van der Waals surface area contributed by atoms with Crippen LogP contribution in [0.3, 0.4) is 0 Å². The molecule has 5 heterocycles. The fourth-order valence-corrected chi connectivity index (χ4v) is 5.08. The van der Waals surface area contributed by atoms with Crippen LogP contribution in [-0.2, 0) is 0 Å². The lowest BCUT2D eigenvalue weighted by Crippen LogP contribution is -2.26.